The van der Waals surface area contributed by atoms with E-state index in [1.807, 2.05) is 0 Å². The minimum absolute atomic E-state index is 0.0843. The minimum atomic E-state index is -0.769. The molecule has 2 rings (SSSR count). The van der Waals surface area contributed by atoms with Crippen molar-refractivity contribution in [2.24, 2.45) is 0 Å². The number of aryl methyl sites for hydroxylation is 1. The lowest BCUT2D eigenvalue weighted by Gasteiger charge is -2.17. The Morgan fingerprint density at radius 3 is 2.53 bits per heavy atom. The standard InChI is InChI=1S/C23H26Cl2N2O5/c1-3-9-32-23(31)26-13-14(2)27-22(30)21-18(24)10-15(11-19(21)25)7-8-20(29)16-5-4-6-17(28)12-16/h3-6,10-12,14,20,28-29H,1,7-9,13H2,2H3,(H,26,31)(H,27,30)/t14-,20?/m1/s1. The topological polar surface area (TPSA) is 108 Å². The zero-order valence-electron chi connectivity index (χ0n) is 17.6. The number of ether oxygens (including phenoxy) is 1. The summed E-state index contributed by atoms with van der Waals surface area (Å²) in [6.45, 7) is 5.41. The molecule has 0 aliphatic rings. The zero-order valence-corrected chi connectivity index (χ0v) is 19.1. The first-order valence-corrected chi connectivity index (χ1v) is 10.7. The van der Waals surface area contributed by atoms with Gasteiger partial charge in [-0.1, -0.05) is 48.0 Å². The van der Waals surface area contributed by atoms with Gasteiger partial charge >= 0.3 is 6.09 Å². The molecule has 2 aromatic rings. The summed E-state index contributed by atoms with van der Waals surface area (Å²) in [6, 6.07) is 9.30. The van der Waals surface area contributed by atoms with E-state index in [0.717, 1.165) is 5.56 Å². The van der Waals surface area contributed by atoms with E-state index < -0.39 is 24.1 Å². The molecule has 32 heavy (non-hydrogen) atoms. The highest BCUT2D eigenvalue weighted by atomic mass is 35.5. The van der Waals surface area contributed by atoms with Crippen LogP contribution in [-0.4, -0.2) is 41.4 Å². The maximum absolute atomic E-state index is 12.6. The molecular weight excluding hydrogens is 455 g/mol. The molecule has 0 aliphatic carbocycles. The zero-order chi connectivity index (χ0) is 23.7. The Morgan fingerprint density at radius 1 is 1.22 bits per heavy atom. The molecule has 0 aromatic heterocycles. The Hall–Kier alpha value is -2.74. The number of nitrogens with one attached hydrogen (secondary N) is 2. The van der Waals surface area contributed by atoms with E-state index in [9.17, 15) is 19.8 Å². The van der Waals surface area contributed by atoms with E-state index >= 15 is 0 Å². The highest BCUT2D eigenvalue weighted by Gasteiger charge is 2.19. The number of hydrogen-bond donors (Lipinski definition) is 4. The van der Waals surface area contributed by atoms with Crippen LogP contribution in [0.25, 0.3) is 0 Å². The van der Waals surface area contributed by atoms with Gasteiger partial charge in [0.1, 0.15) is 12.4 Å². The third-order valence-corrected chi connectivity index (χ3v) is 5.15. The first-order valence-electron chi connectivity index (χ1n) is 9.98. The van der Waals surface area contributed by atoms with Gasteiger partial charge in [-0.3, -0.25) is 4.79 Å². The van der Waals surface area contributed by atoms with Crippen LogP contribution in [0.5, 0.6) is 5.75 Å². The Labute approximate surface area is 197 Å². The van der Waals surface area contributed by atoms with Gasteiger partial charge in [0.2, 0.25) is 0 Å². The molecule has 0 bridgehead atoms. The summed E-state index contributed by atoms with van der Waals surface area (Å²) >= 11 is 12.6. The second kappa shape index (κ2) is 12.3. The Bertz CT molecular complexity index is 944. The van der Waals surface area contributed by atoms with Gasteiger partial charge in [0.05, 0.1) is 21.7 Å². The van der Waals surface area contributed by atoms with Crippen LogP contribution in [0.1, 0.15) is 40.9 Å². The number of phenolic OH excluding ortho intramolecular Hbond substituents is 1. The Balaban J connectivity index is 1.95. The van der Waals surface area contributed by atoms with Crippen molar-refractivity contribution in [1.29, 1.82) is 0 Å². The number of amides is 2. The van der Waals surface area contributed by atoms with Gasteiger partial charge in [-0.25, -0.2) is 4.79 Å². The molecule has 0 radical (unpaired) electrons. The summed E-state index contributed by atoms with van der Waals surface area (Å²) < 4.78 is 4.80. The van der Waals surface area contributed by atoms with Crippen LogP contribution in [-0.2, 0) is 11.2 Å². The minimum Gasteiger partial charge on any atom is -0.508 e. The van der Waals surface area contributed by atoms with Crippen LogP contribution >= 0.6 is 23.2 Å². The number of alkyl carbamates (subject to hydrolysis) is 1. The molecule has 2 atom stereocenters. The van der Waals surface area contributed by atoms with Gasteiger partial charge in [0.25, 0.3) is 5.91 Å². The summed E-state index contributed by atoms with van der Waals surface area (Å²) in [5, 5.41) is 25.5. The molecule has 0 saturated carbocycles. The van der Waals surface area contributed by atoms with E-state index in [2.05, 4.69) is 17.2 Å². The molecule has 1 unspecified atom stereocenters. The summed E-state index contributed by atoms with van der Waals surface area (Å²) in [4.78, 5) is 24.1. The Morgan fingerprint density at radius 2 is 1.91 bits per heavy atom. The number of carbonyl (C=O) groups excluding carboxylic acids is 2. The number of carbonyl (C=O) groups is 2. The van der Waals surface area contributed by atoms with Gasteiger partial charge in [0, 0.05) is 12.6 Å². The molecule has 7 nitrogen and oxygen atoms in total. The lowest BCUT2D eigenvalue weighted by atomic mass is 10.00. The van der Waals surface area contributed by atoms with Crippen molar-refractivity contribution >= 4 is 35.2 Å². The normalized spacial score (nSPS) is 12.5. The van der Waals surface area contributed by atoms with Crippen LogP contribution in [0.4, 0.5) is 4.79 Å². The number of phenols is 1. The first kappa shape index (κ1) is 25.5. The largest absolute Gasteiger partial charge is 0.508 e. The number of rotatable bonds is 10. The van der Waals surface area contributed by atoms with Crippen molar-refractivity contribution in [3.63, 3.8) is 0 Å². The monoisotopic (exact) mass is 480 g/mol. The van der Waals surface area contributed by atoms with Crippen LogP contribution in [0.3, 0.4) is 0 Å². The van der Waals surface area contributed by atoms with Crippen molar-refractivity contribution < 1.29 is 24.5 Å². The number of halogens is 2. The molecule has 0 heterocycles. The maximum atomic E-state index is 12.6. The number of aromatic hydroxyl groups is 1. The fourth-order valence-corrected chi connectivity index (χ4v) is 3.66. The number of aliphatic hydroxyl groups is 1. The van der Waals surface area contributed by atoms with Gasteiger partial charge < -0.3 is 25.6 Å². The summed E-state index contributed by atoms with van der Waals surface area (Å²) in [7, 11) is 0. The molecular formula is C23H26Cl2N2O5. The van der Waals surface area contributed by atoms with Crippen molar-refractivity contribution in [3.8, 4) is 5.75 Å². The SMILES string of the molecule is C=CCOC(=O)NC[C@@H](C)NC(=O)c1c(Cl)cc(CCC(O)c2cccc(O)c2)cc1Cl. The van der Waals surface area contributed by atoms with Gasteiger partial charge in [-0.05, 0) is 55.2 Å². The molecule has 2 amide bonds. The quantitative estimate of drug-likeness (QED) is 0.377. The van der Waals surface area contributed by atoms with Crippen molar-refractivity contribution in [1.82, 2.24) is 10.6 Å². The first-order chi connectivity index (χ1) is 15.2. The molecule has 0 aliphatic heterocycles. The molecule has 0 fully saturated rings. The van der Waals surface area contributed by atoms with Crippen molar-refractivity contribution in [2.45, 2.75) is 31.9 Å². The average Bonchev–Trinajstić information content (AvgIpc) is 2.74. The number of hydrogen-bond acceptors (Lipinski definition) is 5. The molecule has 172 valence electrons. The third kappa shape index (κ3) is 7.75. The second-order valence-corrected chi connectivity index (χ2v) is 8.04. The molecule has 4 N–H and O–H groups in total. The maximum Gasteiger partial charge on any atom is 0.407 e. The number of aliphatic hydroxyl groups excluding tert-OH is 1. The smallest absolute Gasteiger partial charge is 0.407 e. The summed E-state index contributed by atoms with van der Waals surface area (Å²) in [5.74, 6) is -0.388. The lowest BCUT2D eigenvalue weighted by Crippen LogP contribution is -2.42. The molecule has 0 spiro atoms. The highest BCUT2D eigenvalue weighted by molar-refractivity contribution is 6.39. The fraction of sp³-hybridized carbons (Fsp3) is 0.304. The van der Waals surface area contributed by atoms with E-state index in [0.29, 0.717) is 18.4 Å². The van der Waals surface area contributed by atoms with Crippen molar-refractivity contribution in [3.05, 3.63) is 75.8 Å². The van der Waals surface area contributed by atoms with Gasteiger partial charge in [0.15, 0.2) is 0 Å². The third-order valence-electron chi connectivity index (χ3n) is 4.55. The molecule has 2 aromatic carbocycles. The van der Waals surface area contributed by atoms with E-state index in [4.69, 9.17) is 27.9 Å². The Kier molecular flexibility index (Phi) is 9.84. The van der Waals surface area contributed by atoms with Gasteiger partial charge in [-0.15, -0.1) is 0 Å². The van der Waals surface area contributed by atoms with Crippen LogP contribution in [0, 0.1) is 0 Å². The lowest BCUT2D eigenvalue weighted by molar-refractivity contribution is 0.0938. The molecule has 0 saturated heterocycles. The predicted molar refractivity (Wildman–Crippen MR) is 124 cm³/mol. The summed E-state index contributed by atoms with van der Waals surface area (Å²) in [6.07, 6.45) is 0.914. The fourth-order valence-electron chi connectivity index (χ4n) is 2.96. The second-order valence-electron chi connectivity index (χ2n) is 7.23. The van der Waals surface area contributed by atoms with E-state index in [-0.39, 0.29) is 34.5 Å². The van der Waals surface area contributed by atoms with Crippen molar-refractivity contribution in [2.75, 3.05) is 13.2 Å². The average molecular weight is 481 g/mol. The van der Waals surface area contributed by atoms with E-state index in [1.165, 1.54) is 18.2 Å². The molecule has 9 heteroatoms. The van der Waals surface area contributed by atoms with Crippen LogP contribution < -0.4 is 10.6 Å². The number of benzene rings is 2. The predicted octanol–water partition coefficient (Wildman–Crippen LogP) is 4.40. The summed E-state index contributed by atoms with van der Waals surface area (Å²) in [5.41, 5.74) is 1.50. The van der Waals surface area contributed by atoms with Crippen LogP contribution in [0.2, 0.25) is 10.0 Å². The van der Waals surface area contributed by atoms with Gasteiger partial charge in [-0.2, -0.15) is 0 Å². The highest BCUT2D eigenvalue weighted by Crippen LogP contribution is 2.29. The van der Waals surface area contributed by atoms with E-state index in [1.54, 1.807) is 31.2 Å². The van der Waals surface area contributed by atoms with Crippen LogP contribution in [0.15, 0.2) is 49.1 Å².